The summed E-state index contributed by atoms with van der Waals surface area (Å²) in [6.07, 6.45) is 5.09. The molecule has 1 saturated carbocycles. The van der Waals surface area contributed by atoms with Crippen molar-refractivity contribution in [1.29, 1.82) is 0 Å². The maximum absolute atomic E-state index is 6.56. The third-order valence-electron chi connectivity index (χ3n) is 5.43. The van der Waals surface area contributed by atoms with Crippen molar-refractivity contribution >= 4 is 0 Å². The molecule has 18 heavy (non-hydrogen) atoms. The van der Waals surface area contributed by atoms with Gasteiger partial charge in [-0.1, -0.05) is 51.0 Å². The molecule has 98 valence electrons. The minimum Gasteiger partial charge on any atom is -0.327 e. The largest absolute Gasteiger partial charge is 0.327 e. The molecule has 3 rings (SSSR count). The predicted molar refractivity (Wildman–Crippen MR) is 76.5 cm³/mol. The highest BCUT2D eigenvalue weighted by Crippen LogP contribution is 2.61. The summed E-state index contributed by atoms with van der Waals surface area (Å²) in [7, 11) is 0. The quantitative estimate of drug-likeness (QED) is 0.857. The van der Waals surface area contributed by atoms with E-state index in [1.165, 1.54) is 25.7 Å². The Balaban J connectivity index is 1.80. The van der Waals surface area contributed by atoms with Crippen LogP contribution in [0.1, 0.15) is 50.2 Å². The molecular weight excluding hydrogens is 218 g/mol. The highest BCUT2D eigenvalue weighted by atomic mass is 14.8. The summed E-state index contributed by atoms with van der Waals surface area (Å²) in [5.74, 6) is 3.15. The van der Waals surface area contributed by atoms with Gasteiger partial charge in [0.2, 0.25) is 0 Å². The molecule has 1 heteroatoms. The zero-order valence-electron chi connectivity index (χ0n) is 11.6. The van der Waals surface area contributed by atoms with Crippen molar-refractivity contribution in [3.05, 3.63) is 35.4 Å². The van der Waals surface area contributed by atoms with Gasteiger partial charge in [0.1, 0.15) is 0 Å². The minimum atomic E-state index is 0.418. The van der Waals surface area contributed by atoms with Crippen LogP contribution in [0.4, 0.5) is 0 Å². The van der Waals surface area contributed by atoms with Crippen LogP contribution in [0.5, 0.6) is 0 Å². The maximum Gasteiger partial charge on any atom is 0.0104 e. The van der Waals surface area contributed by atoms with Crippen molar-refractivity contribution < 1.29 is 0 Å². The molecule has 0 spiro atoms. The normalized spacial score (nSPS) is 30.8. The van der Waals surface area contributed by atoms with E-state index in [0.29, 0.717) is 12.0 Å². The van der Waals surface area contributed by atoms with Crippen LogP contribution >= 0.6 is 0 Å². The highest BCUT2D eigenvalue weighted by Gasteiger charge is 2.56. The molecule has 0 amide bonds. The van der Waals surface area contributed by atoms with Crippen LogP contribution in [0.15, 0.2) is 24.3 Å². The number of benzene rings is 1. The van der Waals surface area contributed by atoms with Gasteiger partial charge < -0.3 is 5.73 Å². The zero-order valence-corrected chi connectivity index (χ0v) is 11.6. The predicted octanol–water partition coefficient (Wildman–Crippen LogP) is 3.73. The Morgan fingerprint density at radius 3 is 2.67 bits per heavy atom. The third kappa shape index (κ3) is 1.80. The molecule has 0 aliphatic heterocycles. The number of hydrogen-bond donors (Lipinski definition) is 1. The summed E-state index contributed by atoms with van der Waals surface area (Å²) in [4.78, 5) is 0. The van der Waals surface area contributed by atoms with Crippen LogP contribution in [0.25, 0.3) is 0 Å². The van der Waals surface area contributed by atoms with Crippen LogP contribution in [0, 0.1) is 17.8 Å². The molecule has 0 bridgehead atoms. The second-order valence-corrected chi connectivity index (χ2v) is 6.16. The van der Waals surface area contributed by atoms with Crippen molar-refractivity contribution in [3.8, 4) is 0 Å². The van der Waals surface area contributed by atoms with Gasteiger partial charge in [0, 0.05) is 6.04 Å². The van der Waals surface area contributed by atoms with Gasteiger partial charge in [0.05, 0.1) is 0 Å². The van der Waals surface area contributed by atoms with Gasteiger partial charge in [-0.2, -0.15) is 0 Å². The summed E-state index contributed by atoms with van der Waals surface area (Å²) in [6, 6.07) is 9.44. The maximum atomic E-state index is 6.56. The fourth-order valence-electron chi connectivity index (χ4n) is 4.29. The Hall–Kier alpha value is -0.820. The SMILES string of the molecule is CCC(CC)C(N)C1C2CCc3ccccc3C21. The molecule has 0 saturated heterocycles. The second-order valence-electron chi connectivity index (χ2n) is 6.16. The minimum absolute atomic E-state index is 0.418. The van der Waals surface area contributed by atoms with Crippen molar-refractivity contribution in [2.75, 3.05) is 0 Å². The summed E-state index contributed by atoms with van der Waals surface area (Å²) >= 11 is 0. The number of aryl methyl sites for hydroxylation is 1. The Bertz CT molecular complexity index is 421. The summed E-state index contributed by atoms with van der Waals surface area (Å²) in [5.41, 5.74) is 9.75. The summed E-state index contributed by atoms with van der Waals surface area (Å²) in [6.45, 7) is 4.57. The fourth-order valence-corrected chi connectivity index (χ4v) is 4.29. The second kappa shape index (κ2) is 4.70. The zero-order chi connectivity index (χ0) is 12.7. The lowest BCUT2D eigenvalue weighted by atomic mass is 9.89. The van der Waals surface area contributed by atoms with Crippen molar-refractivity contribution in [2.24, 2.45) is 23.5 Å². The average Bonchev–Trinajstić information content (AvgIpc) is 3.14. The van der Waals surface area contributed by atoms with Gasteiger partial charge in [-0.25, -0.2) is 0 Å². The van der Waals surface area contributed by atoms with Crippen LogP contribution < -0.4 is 5.73 Å². The van der Waals surface area contributed by atoms with Crippen LogP contribution in [0.3, 0.4) is 0 Å². The first-order valence-electron chi connectivity index (χ1n) is 7.61. The highest BCUT2D eigenvalue weighted by molar-refractivity contribution is 5.40. The number of hydrogen-bond acceptors (Lipinski definition) is 1. The molecule has 0 aromatic heterocycles. The van der Waals surface area contributed by atoms with Gasteiger partial charge in [-0.3, -0.25) is 0 Å². The monoisotopic (exact) mass is 243 g/mol. The van der Waals surface area contributed by atoms with Gasteiger partial charge in [0.25, 0.3) is 0 Å². The van der Waals surface area contributed by atoms with E-state index >= 15 is 0 Å². The van der Waals surface area contributed by atoms with E-state index in [0.717, 1.165) is 17.8 Å². The van der Waals surface area contributed by atoms with Crippen LogP contribution in [-0.4, -0.2) is 6.04 Å². The molecule has 2 aliphatic rings. The first-order valence-corrected chi connectivity index (χ1v) is 7.61. The molecule has 0 heterocycles. The molecule has 0 radical (unpaired) electrons. The van der Waals surface area contributed by atoms with E-state index in [4.69, 9.17) is 5.73 Å². The van der Waals surface area contributed by atoms with Crippen molar-refractivity contribution in [1.82, 2.24) is 0 Å². The van der Waals surface area contributed by atoms with Gasteiger partial charge in [-0.15, -0.1) is 0 Å². The molecular formula is C17H25N. The lowest BCUT2D eigenvalue weighted by Crippen LogP contribution is -2.32. The fraction of sp³-hybridized carbons (Fsp3) is 0.647. The molecule has 4 atom stereocenters. The molecule has 1 aromatic rings. The first-order chi connectivity index (χ1) is 8.77. The Morgan fingerprint density at radius 2 is 1.94 bits per heavy atom. The van der Waals surface area contributed by atoms with Crippen molar-refractivity contribution in [3.63, 3.8) is 0 Å². The average molecular weight is 243 g/mol. The lowest BCUT2D eigenvalue weighted by molar-refractivity contribution is 0.348. The van der Waals surface area contributed by atoms with E-state index in [9.17, 15) is 0 Å². The molecule has 4 unspecified atom stereocenters. The third-order valence-corrected chi connectivity index (χ3v) is 5.43. The Morgan fingerprint density at radius 1 is 1.22 bits per heavy atom. The Labute approximate surface area is 111 Å². The van der Waals surface area contributed by atoms with E-state index in [-0.39, 0.29) is 0 Å². The van der Waals surface area contributed by atoms with Gasteiger partial charge in [-0.05, 0) is 47.6 Å². The van der Waals surface area contributed by atoms with E-state index < -0.39 is 0 Å². The lowest BCUT2D eigenvalue weighted by Gasteiger charge is -2.21. The van der Waals surface area contributed by atoms with Gasteiger partial charge >= 0.3 is 0 Å². The van der Waals surface area contributed by atoms with Crippen LogP contribution in [-0.2, 0) is 6.42 Å². The smallest absolute Gasteiger partial charge is 0.0104 e. The topological polar surface area (TPSA) is 26.0 Å². The van der Waals surface area contributed by atoms with Crippen molar-refractivity contribution in [2.45, 2.75) is 51.5 Å². The van der Waals surface area contributed by atoms with Gasteiger partial charge in [0.15, 0.2) is 0 Å². The van der Waals surface area contributed by atoms with E-state index in [1.807, 2.05) is 0 Å². The molecule has 1 aromatic carbocycles. The first kappa shape index (κ1) is 12.2. The molecule has 1 nitrogen and oxygen atoms in total. The van der Waals surface area contributed by atoms with E-state index in [1.54, 1.807) is 11.1 Å². The molecule has 1 fully saturated rings. The number of rotatable bonds is 4. The standard InChI is InChI=1S/C17H25N/c1-3-11(4-2)17(18)16-14-10-9-12-7-5-6-8-13(12)15(14)16/h5-8,11,14-17H,3-4,9-10,18H2,1-2H3. The number of nitrogens with two attached hydrogens (primary N) is 1. The molecule has 2 aliphatic carbocycles. The van der Waals surface area contributed by atoms with Crippen LogP contribution in [0.2, 0.25) is 0 Å². The number of fused-ring (bicyclic) bond motifs is 3. The molecule has 2 N–H and O–H groups in total. The summed E-state index contributed by atoms with van der Waals surface area (Å²) in [5, 5.41) is 0. The summed E-state index contributed by atoms with van der Waals surface area (Å²) < 4.78 is 0. The van der Waals surface area contributed by atoms with E-state index in [2.05, 4.69) is 38.1 Å². The Kier molecular flexibility index (Phi) is 3.19.